The highest BCUT2D eigenvalue weighted by atomic mass is 16.3. The zero-order valence-electron chi connectivity index (χ0n) is 7.33. The average molecular weight is 179 g/mol. The molecule has 3 heteroatoms. The topological polar surface area (TPSA) is 52.5 Å². The van der Waals surface area contributed by atoms with Gasteiger partial charge in [0.2, 0.25) is 0 Å². The number of phenols is 2. The molecule has 13 heavy (non-hydrogen) atoms. The van der Waals surface area contributed by atoms with E-state index >= 15 is 0 Å². The van der Waals surface area contributed by atoms with E-state index in [9.17, 15) is 10.2 Å². The molecule has 1 saturated heterocycles. The summed E-state index contributed by atoms with van der Waals surface area (Å²) in [6.07, 6.45) is 2.15. The fraction of sp³-hybridized carbons (Fsp3) is 0.400. The third kappa shape index (κ3) is 1.60. The summed E-state index contributed by atoms with van der Waals surface area (Å²) >= 11 is 0. The quantitative estimate of drug-likeness (QED) is 0.573. The molecule has 1 aromatic carbocycles. The molecule has 0 saturated carbocycles. The fourth-order valence-corrected chi connectivity index (χ4v) is 1.77. The van der Waals surface area contributed by atoms with E-state index in [1.807, 2.05) is 0 Å². The van der Waals surface area contributed by atoms with Crippen LogP contribution < -0.4 is 5.32 Å². The molecule has 0 amide bonds. The summed E-state index contributed by atoms with van der Waals surface area (Å²) < 4.78 is 0. The van der Waals surface area contributed by atoms with Crippen molar-refractivity contribution in [3.05, 3.63) is 23.8 Å². The number of hydrogen-bond acceptors (Lipinski definition) is 3. The molecule has 2 rings (SSSR count). The minimum absolute atomic E-state index is 0.201. The normalized spacial score (nSPS) is 22.0. The Kier molecular flexibility index (Phi) is 2.10. The van der Waals surface area contributed by atoms with Crippen molar-refractivity contribution >= 4 is 0 Å². The Balaban J connectivity index is 2.32. The Hall–Kier alpha value is -1.22. The second kappa shape index (κ2) is 3.26. The standard InChI is InChI=1S/C10H13NO2/c12-7-3-4-10(13)8(6-7)9-2-1-5-11-9/h3-4,6,9,11-13H,1-2,5H2. The van der Waals surface area contributed by atoms with Crippen LogP contribution in [0.2, 0.25) is 0 Å². The largest absolute Gasteiger partial charge is 0.508 e. The molecule has 3 nitrogen and oxygen atoms in total. The van der Waals surface area contributed by atoms with Crippen LogP contribution in [0.25, 0.3) is 0 Å². The van der Waals surface area contributed by atoms with E-state index in [1.54, 1.807) is 6.07 Å². The molecule has 70 valence electrons. The van der Waals surface area contributed by atoms with Crippen molar-refractivity contribution in [3.8, 4) is 11.5 Å². The third-order valence-electron chi connectivity index (χ3n) is 2.45. The number of aromatic hydroxyl groups is 2. The van der Waals surface area contributed by atoms with Crippen molar-refractivity contribution < 1.29 is 10.2 Å². The van der Waals surface area contributed by atoms with Gasteiger partial charge in [-0.05, 0) is 37.6 Å². The molecular weight excluding hydrogens is 166 g/mol. The van der Waals surface area contributed by atoms with E-state index in [0.29, 0.717) is 0 Å². The third-order valence-corrected chi connectivity index (χ3v) is 2.45. The minimum atomic E-state index is 0.201. The molecule has 1 heterocycles. The zero-order chi connectivity index (χ0) is 9.26. The van der Waals surface area contributed by atoms with Crippen LogP contribution in [0.4, 0.5) is 0 Å². The van der Waals surface area contributed by atoms with Crippen LogP contribution in [0.1, 0.15) is 24.4 Å². The van der Waals surface area contributed by atoms with Gasteiger partial charge >= 0.3 is 0 Å². The molecule has 0 spiro atoms. The van der Waals surface area contributed by atoms with Gasteiger partial charge in [0.05, 0.1) is 0 Å². The summed E-state index contributed by atoms with van der Waals surface area (Å²) in [5.74, 6) is 0.471. The Bertz CT molecular complexity index is 306. The SMILES string of the molecule is Oc1ccc(O)c(C2CCCN2)c1. The first-order valence-corrected chi connectivity index (χ1v) is 4.52. The molecular formula is C10H13NO2. The number of benzene rings is 1. The first kappa shape index (κ1) is 8.38. The lowest BCUT2D eigenvalue weighted by Crippen LogP contribution is -2.12. The van der Waals surface area contributed by atoms with E-state index in [1.165, 1.54) is 12.1 Å². The first-order valence-electron chi connectivity index (χ1n) is 4.52. The van der Waals surface area contributed by atoms with Crippen molar-refractivity contribution in [3.63, 3.8) is 0 Å². The summed E-state index contributed by atoms with van der Waals surface area (Å²) in [6, 6.07) is 4.85. The van der Waals surface area contributed by atoms with E-state index in [2.05, 4.69) is 5.32 Å². The molecule has 1 aromatic rings. The van der Waals surface area contributed by atoms with Crippen LogP contribution >= 0.6 is 0 Å². The van der Waals surface area contributed by atoms with Gasteiger partial charge in [0.25, 0.3) is 0 Å². The molecule has 1 aliphatic heterocycles. The van der Waals surface area contributed by atoms with Gasteiger partial charge in [-0.1, -0.05) is 0 Å². The number of rotatable bonds is 1. The van der Waals surface area contributed by atoms with Crippen LogP contribution in [-0.4, -0.2) is 16.8 Å². The molecule has 0 aliphatic carbocycles. The molecule has 1 aliphatic rings. The fourth-order valence-electron chi connectivity index (χ4n) is 1.77. The predicted molar refractivity (Wildman–Crippen MR) is 49.7 cm³/mol. The van der Waals surface area contributed by atoms with Crippen LogP contribution in [0, 0.1) is 0 Å². The van der Waals surface area contributed by atoms with Crippen LogP contribution in [-0.2, 0) is 0 Å². The van der Waals surface area contributed by atoms with Crippen molar-refractivity contribution in [1.29, 1.82) is 0 Å². The summed E-state index contributed by atoms with van der Waals surface area (Å²) in [5, 5.41) is 22.1. The Morgan fingerprint density at radius 3 is 2.85 bits per heavy atom. The highest BCUT2D eigenvalue weighted by Gasteiger charge is 2.19. The molecule has 3 N–H and O–H groups in total. The van der Waals surface area contributed by atoms with Crippen molar-refractivity contribution in [2.45, 2.75) is 18.9 Å². The van der Waals surface area contributed by atoms with Gasteiger partial charge in [0.1, 0.15) is 11.5 Å². The maximum absolute atomic E-state index is 9.54. The van der Waals surface area contributed by atoms with Crippen molar-refractivity contribution in [2.24, 2.45) is 0 Å². The van der Waals surface area contributed by atoms with Gasteiger partial charge in [0.15, 0.2) is 0 Å². The monoisotopic (exact) mass is 179 g/mol. The first-order chi connectivity index (χ1) is 6.27. The second-order valence-electron chi connectivity index (χ2n) is 3.39. The smallest absolute Gasteiger partial charge is 0.120 e. The van der Waals surface area contributed by atoms with Crippen molar-refractivity contribution in [2.75, 3.05) is 6.54 Å². The lowest BCUT2D eigenvalue weighted by molar-refractivity contribution is 0.444. The van der Waals surface area contributed by atoms with Gasteiger partial charge in [0, 0.05) is 11.6 Å². The zero-order valence-corrected chi connectivity index (χ0v) is 7.33. The number of nitrogens with one attached hydrogen (secondary N) is 1. The average Bonchev–Trinajstić information content (AvgIpc) is 2.61. The molecule has 0 bridgehead atoms. The molecule has 1 fully saturated rings. The van der Waals surface area contributed by atoms with E-state index in [4.69, 9.17) is 0 Å². The number of phenolic OH excluding ortho intramolecular Hbond substituents is 2. The summed E-state index contributed by atoms with van der Waals surface area (Å²) in [4.78, 5) is 0. The summed E-state index contributed by atoms with van der Waals surface area (Å²) in [7, 11) is 0. The lowest BCUT2D eigenvalue weighted by atomic mass is 10.0. The molecule has 1 unspecified atom stereocenters. The van der Waals surface area contributed by atoms with Gasteiger partial charge in [-0.25, -0.2) is 0 Å². The summed E-state index contributed by atoms with van der Waals surface area (Å²) in [5.41, 5.74) is 0.803. The van der Waals surface area contributed by atoms with Crippen LogP contribution in [0.3, 0.4) is 0 Å². The minimum Gasteiger partial charge on any atom is -0.508 e. The molecule has 0 radical (unpaired) electrons. The van der Waals surface area contributed by atoms with Gasteiger partial charge in [-0.15, -0.1) is 0 Å². The lowest BCUT2D eigenvalue weighted by Gasteiger charge is -2.12. The van der Waals surface area contributed by atoms with E-state index in [-0.39, 0.29) is 17.5 Å². The van der Waals surface area contributed by atoms with Gasteiger partial charge in [-0.2, -0.15) is 0 Å². The Morgan fingerprint density at radius 2 is 2.15 bits per heavy atom. The van der Waals surface area contributed by atoms with Gasteiger partial charge in [-0.3, -0.25) is 0 Å². The second-order valence-corrected chi connectivity index (χ2v) is 3.39. The van der Waals surface area contributed by atoms with E-state index < -0.39 is 0 Å². The summed E-state index contributed by atoms with van der Waals surface area (Å²) in [6.45, 7) is 0.986. The molecule has 1 atom stereocenters. The maximum Gasteiger partial charge on any atom is 0.120 e. The highest BCUT2D eigenvalue weighted by molar-refractivity contribution is 5.40. The van der Waals surface area contributed by atoms with Crippen molar-refractivity contribution in [1.82, 2.24) is 5.32 Å². The number of hydrogen-bond donors (Lipinski definition) is 3. The highest BCUT2D eigenvalue weighted by Crippen LogP contribution is 2.32. The Labute approximate surface area is 77.0 Å². The maximum atomic E-state index is 9.54. The Morgan fingerprint density at radius 1 is 1.31 bits per heavy atom. The van der Waals surface area contributed by atoms with Crippen LogP contribution in [0.15, 0.2) is 18.2 Å². The van der Waals surface area contributed by atoms with Crippen LogP contribution in [0.5, 0.6) is 11.5 Å². The van der Waals surface area contributed by atoms with E-state index in [0.717, 1.165) is 24.9 Å². The molecule has 0 aromatic heterocycles. The predicted octanol–water partition coefficient (Wildman–Crippen LogP) is 1.52. The van der Waals surface area contributed by atoms with Gasteiger partial charge < -0.3 is 15.5 Å².